The zero-order valence-corrected chi connectivity index (χ0v) is 14.2. The van der Waals surface area contributed by atoms with E-state index in [0.717, 1.165) is 30.6 Å². The Bertz CT molecular complexity index is 586. The predicted molar refractivity (Wildman–Crippen MR) is 86.8 cm³/mol. The highest BCUT2D eigenvalue weighted by Gasteiger charge is 2.55. The molecule has 1 spiro atoms. The van der Waals surface area contributed by atoms with Gasteiger partial charge in [-0.3, -0.25) is 9.59 Å². The topological polar surface area (TPSA) is 95.7 Å². The maximum atomic E-state index is 12.9. The molecular formula is C17H26N4O3. The molecule has 0 aromatic carbocycles. The molecule has 4 fully saturated rings. The minimum Gasteiger partial charge on any atom is -0.340 e. The summed E-state index contributed by atoms with van der Waals surface area (Å²) in [6.45, 7) is 3.03. The lowest BCUT2D eigenvalue weighted by Gasteiger charge is -2.27. The first-order valence-corrected chi connectivity index (χ1v) is 9.13. The number of carbonyl (C=O) groups is 3. The van der Waals surface area contributed by atoms with Crippen LogP contribution >= 0.6 is 0 Å². The molecule has 4 amide bonds. The quantitative estimate of drug-likeness (QED) is 0.716. The number of nitrogens with zero attached hydrogens (tertiary/aromatic N) is 2. The Morgan fingerprint density at radius 3 is 2.62 bits per heavy atom. The van der Waals surface area contributed by atoms with E-state index in [9.17, 15) is 14.4 Å². The summed E-state index contributed by atoms with van der Waals surface area (Å²) in [6.07, 6.45) is 5.33. The summed E-state index contributed by atoms with van der Waals surface area (Å²) in [5.41, 5.74) is 5.38. The summed E-state index contributed by atoms with van der Waals surface area (Å²) in [7, 11) is 0. The molecule has 3 N–H and O–H groups in total. The molecule has 2 aliphatic carbocycles. The van der Waals surface area contributed by atoms with Crippen molar-refractivity contribution < 1.29 is 14.4 Å². The molecule has 2 aliphatic heterocycles. The number of nitrogens with two attached hydrogens (primary N) is 1. The normalized spacial score (nSPS) is 35.7. The van der Waals surface area contributed by atoms with Crippen molar-refractivity contribution in [1.29, 1.82) is 0 Å². The first-order valence-electron chi connectivity index (χ1n) is 9.13. The fourth-order valence-corrected chi connectivity index (χ4v) is 5.17. The van der Waals surface area contributed by atoms with Crippen molar-refractivity contribution in [2.45, 2.75) is 63.1 Å². The van der Waals surface area contributed by atoms with Gasteiger partial charge >= 0.3 is 6.03 Å². The van der Waals surface area contributed by atoms with Crippen LogP contribution in [0.3, 0.4) is 0 Å². The Kier molecular flexibility index (Phi) is 3.60. The molecule has 2 saturated heterocycles. The summed E-state index contributed by atoms with van der Waals surface area (Å²) < 4.78 is 0. The van der Waals surface area contributed by atoms with Gasteiger partial charge in [0, 0.05) is 19.1 Å². The molecule has 4 aliphatic rings. The zero-order chi connectivity index (χ0) is 17.1. The minimum absolute atomic E-state index is 0.129. The number of urea groups is 1. The van der Waals surface area contributed by atoms with Crippen LogP contribution in [0.4, 0.5) is 4.79 Å². The predicted octanol–water partition coefficient (Wildman–Crippen LogP) is 0.435. The second kappa shape index (κ2) is 5.44. The molecule has 4 unspecified atom stereocenters. The fourth-order valence-electron chi connectivity index (χ4n) is 5.17. The van der Waals surface area contributed by atoms with Crippen molar-refractivity contribution in [3.05, 3.63) is 0 Å². The summed E-state index contributed by atoms with van der Waals surface area (Å²) >= 11 is 0. The maximum absolute atomic E-state index is 12.9. The number of amides is 4. The van der Waals surface area contributed by atoms with Crippen molar-refractivity contribution in [3.63, 3.8) is 0 Å². The van der Waals surface area contributed by atoms with Crippen LogP contribution in [-0.4, -0.2) is 58.4 Å². The van der Waals surface area contributed by atoms with Gasteiger partial charge in [-0.05, 0) is 44.4 Å². The second-order valence-electron chi connectivity index (χ2n) is 7.98. The van der Waals surface area contributed by atoms with Crippen LogP contribution in [0.1, 0.15) is 45.4 Å². The van der Waals surface area contributed by atoms with E-state index >= 15 is 0 Å². The number of fused-ring (bicyclic) bond motifs is 1. The third-order valence-corrected chi connectivity index (χ3v) is 6.62. The average molecular weight is 334 g/mol. The van der Waals surface area contributed by atoms with Crippen LogP contribution in [0.5, 0.6) is 0 Å². The van der Waals surface area contributed by atoms with E-state index in [1.165, 1.54) is 0 Å². The van der Waals surface area contributed by atoms with Crippen molar-refractivity contribution in [1.82, 2.24) is 15.1 Å². The Morgan fingerprint density at radius 2 is 1.96 bits per heavy atom. The molecule has 0 radical (unpaired) electrons. The number of likely N-dealkylation sites (tertiary alicyclic amines) is 1. The van der Waals surface area contributed by atoms with Gasteiger partial charge in [0.25, 0.3) is 5.91 Å². The van der Waals surface area contributed by atoms with Gasteiger partial charge in [-0.25, -0.2) is 9.69 Å². The molecule has 4 atom stereocenters. The number of hydrogen-bond donors (Lipinski definition) is 2. The van der Waals surface area contributed by atoms with E-state index < -0.39 is 17.6 Å². The Balaban J connectivity index is 1.47. The molecule has 7 nitrogen and oxygen atoms in total. The number of nitrogens with one attached hydrogen (secondary N) is 1. The van der Waals surface area contributed by atoms with Gasteiger partial charge in [-0.2, -0.15) is 0 Å². The van der Waals surface area contributed by atoms with Gasteiger partial charge in [0.05, 0.1) is 0 Å². The first-order chi connectivity index (χ1) is 11.4. The van der Waals surface area contributed by atoms with Crippen molar-refractivity contribution in [3.8, 4) is 0 Å². The van der Waals surface area contributed by atoms with Gasteiger partial charge in [-0.1, -0.05) is 12.8 Å². The van der Waals surface area contributed by atoms with Crippen molar-refractivity contribution in [2.24, 2.45) is 17.6 Å². The van der Waals surface area contributed by atoms with Gasteiger partial charge in [-0.15, -0.1) is 0 Å². The molecule has 132 valence electrons. The number of hydrogen-bond acceptors (Lipinski definition) is 4. The van der Waals surface area contributed by atoms with E-state index in [1.807, 2.05) is 0 Å². The standard InChI is InChI=1S/C17H26N4O3/c1-10(14(22)20-8-11-4-5-13(18)12(11)9-20)21-15(23)17(19-16(21)24)6-2-3-7-17/h10-13H,2-9,18H2,1H3,(H,19,24). The van der Waals surface area contributed by atoms with Crippen LogP contribution < -0.4 is 11.1 Å². The monoisotopic (exact) mass is 334 g/mol. The van der Waals surface area contributed by atoms with Crippen molar-refractivity contribution >= 4 is 17.8 Å². The number of imide groups is 1. The lowest BCUT2D eigenvalue weighted by Crippen LogP contribution is -2.51. The van der Waals surface area contributed by atoms with Crippen LogP contribution in [0.2, 0.25) is 0 Å². The van der Waals surface area contributed by atoms with E-state index in [-0.39, 0.29) is 17.9 Å². The SMILES string of the molecule is CC(C(=O)N1CC2CCC(N)C2C1)N1C(=O)NC2(CCCC2)C1=O. The minimum atomic E-state index is -0.754. The van der Waals surface area contributed by atoms with E-state index in [1.54, 1.807) is 11.8 Å². The third kappa shape index (κ3) is 2.17. The smallest absolute Gasteiger partial charge is 0.325 e. The van der Waals surface area contributed by atoms with Gasteiger partial charge in [0.1, 0.15) is 11.6 Å². The molecule has 2 saturated carbocycles. The molecule has 0 bridgehead atoms. The van der Waals surface area contributed by atoms with Crippen LogP contribution in [0.25, 0.3) is 0 Å². The van der Waals surface area contributed by atoms with Gasteiger partial charge in [0.2, 0.25) is 5.91 Å². The van der Waals surface area contributed by atoms with Gasteiger partial charge < -0.3 is 16.0 Å². The molecule has 2 heterocycles. The van der Waals surface area contributed by atoms with Crippen LogP contribution in [-0.2, 0) is 9.59 Å². The maximum Gasteiger partial charge on any atom is 0.325 e. The summed E-state index contributed by atoms with van der Waals surface area (Å²) in [4.78, 5) is 41.0. The fraction of sp³-hybridized carbons (Fsp3) is 0.824. The average Bonchev–Trinajstić information content (AvgIpc) is 3.28. The van der Waals surface area contributed by atoms with Gasteiger partial charge in [0.15, 0.2) is 0 Å². The summed E-state index contributed by atoms with van der Waals surface area (Å²) in [5.74, 6) is 0.489. The van der Waals surface area contributed by atoms with Crippen LogP contribution in [0.15, 0.2) is 0 Å². The molecule has 0 aromatic heterocycles. The van der Waals surface area contributed by atoms with E-state index in [4.69, 9.17) is 5.73 Å². The van der Waals surface area contributed by atoms with Crippen LogP contribution in [0, 0.1) is 11.8 Å². The Labute approximate surface area is 141 Å². The molecular weight excluding hydrogens is 308 g/mol. The molecule has 4 rings (SSSR count). The van der Waals surface area contributed by atoms with Crippen molar-refractivity contribution in [2.75, 3.05) is 13.1 Å². The molecule has 0 aromatic rings. The third-order valence-electron chi connectivity index (χ3n) is 6.62. The Hall–Kier alpha value is -1.63. The summed E-state index contributed by atoms with van der Waals surface area (Å²) in [5, 5.41) is 2.85. The largest absolute Gasteiger partial charge is 0.340 e. The lowest BCUT2D eigenvalue weighted by atomic mass is 9.97. The molecule has 24 heavy (non-hydrogen) atoms. The molecule has 7 heteroatoms. The number of rotatable bonds is 2. The highest BCUT2D eigenvalue weighted by atomic mass is 16.2. The van der Waals surface area contributed by atoms with E-state index in [2.05, 4.69) is 5.32 Å². The lowest BCUT2D eigenvalue weighted by molar-refractivity contribution is -0.142. The number of carbonyl (C=O) groups excluding carboxylic acids is 3. The zero-order valence-electron chi connectivity index (χ0n) is 14.2. The van der Waals surface area contributed by atoms with E-state index in [0.29, 0.717) is 37.8 Å². The highest BCUT2D eigenvalue weighted by molar-refractivity contribution is 6.10. The highest BCUT2D eigenvalue weighted by Crippen LogP contribution is 2.39. The summed E-state index contributed by atoms with van der Waals surface area (Å²) in [6, 6.07) is -0.993. The first kappa shape index (κ1) is 15.9. The Morgan fingerprint density at radius 1 is 1.25 bits per heavy atom. The second-order valence-corrected chi connectivity index (χ2v) is 7.98.